The lowest BCUT2D eigenvalue weighted by Gasteiger charge is -2.27. The number of fused-ring (bicyclic) bond motifs is 1. The van der Waals surface area contributed by atoms with Crippen molar-refractivity contribution < 1.29 is 9.90 Å². The van der Waals surface area contributed by atoms with Crippen molar-refractivity contribution in [1.29, 1.82) is 0 Å². The standard InChI is InChI=1S/C13H16N2O2S/c1-3-13(2,7-16)15-12(17)9-4-5-10-11(6-9)18-8-14-10/h4-6,8,16H,3,7H2,1-2H3,(H,15,17). The second-order valence-electron chi connectivity index (χ2n) is 4.56. The van der Waals surface area contributed by atoms with Crippen LogP contribution in [0.25, 0.3) is 10.2 Å². The number of nitrogens with one attached hydrogen (secondary N) is 1. The molecular weight excluding hydrogens is 248 g/mol. The maximum atomic E-state index is 12.1. The van der Waals surface area contributed by atoms with Gasteiger partial charge in [0.2, 0.25) is 0 Å². The van der Waals surface area contributed by atoms with E-state index in [-0.39, 0.29) is 12.5 Å². The number of carbonyl (C=O) groups excluding carboxylic acids is 1. The molecule has 0 fully saturated rings. The lowest BCUT2D eigenvalue weighted by Crippen LogP contribution is -2.48. The Morgan fingerprint density at radius 2 is 2.33 bits per heavy atom. The minimum absolute atomic E-state index is 0.0714. The van der Waals surface area contributed by atoms with Crippen LogP contribution in [0, 0.1) is 0 Å². The Morgan fingerprint density at radius 3 is 3.00 bits per heavy atom. The molecule has 0 bridgehead atoms. The molecule has 1 amide bonds. The summed E-state index contributed by atoms with van der Waals surface area (Å²) in [5.41, 5.74) is 2.69. The summed E-state index contributed by atoms with van der Waals surface area (Å²) in [4.78, 5) is 16.3. The molecule has 5 heteroatoms. The SMILES string of the molecule is CCC(C)(CO)NC(=O)c1ccc2ncsc2c1. The number of amides is 1. The molecule has 1 unspecified atom stereocenters. The Morgan fingerprint density at radius 1 is 1.56 bits per heavy atom. The summed E-state index contributed by atoms with van der Waals surface area (Å²) >= 11 is 1.51. The second-order valence-corrected chi connectivity index (χ2v) is 5.45. The fourth-order valence-electron chi connectivity index (χ4n) is 1.58. The Balaban J connectivity index is 2.22. The third-order valence-electron chi connectivity index (χ3n) is 3.14. The molecule has 1 atom stereocenters. The van der Waals surface area contributed by atoms with Gasteiger partial charge in [0.05, 0.1) is 27.9 Å². The van der Waals surface area contributed by atoms with E-state index < -0.39 is 5.54 Å². The van der Waals surface area contributed by atoms with E-state index in [0.717, 1.165) is 10.2 Å². The van der Waals surface area contributed by atoms with Crippen LogP contribution in [0.2, 0.25) is 0 Å². The van der Waals surface area contributed by atoms with Gasteiger partial charge in [-0.25, -0.2) is 4.98 Å². The van der Waals surface area contributed by atoms with Gasteiger partial charge in [0, 0.05) is 5.56 Å². The zero-order valence-electron chi connectivity index (χ0n) is 10.4. The van der Waals surface area contributed by atoms with Crippen LogP contribution in [0.5, 0.6) is 0 Å². The molecule has 18 heavy (non-hydrogen) atoms. The number of aliphatic hydroxyl groups excluding tert-OH is 1. The van der Waals surface area contributed by atoms with E-state index in [1.54, 1.807) is 11.6 Å². The zero-order chi connectivity index (χ0) is 13.2. The first-order valence-corrected chi connectivity index (χ1v) is 6.72. The molecule has 0 aliphatic rings. The maximum Gasteiger partial charge on any atom is 0.251 e. The fraction of sp³-hybridized carbons (Fsp3) is 0.385. The second kappa shape index (κ2) is 5.04. The van der Waals surface area contributed by atoms with E-state index in [9.17, 15) is 9.90 Å². The summed E-state index contributed by atoms with van der Waals surface area (Å²) in [5.74, 6) is -0.163. The lowest BCUT2D eigenvalue weighted by molar-refractivity contribution is 0.0847. The number of carbonyl (C=O) groups is 1. The Kier molecular flexibility index (Phi) is 3.63. The molecular formula is C13H16N2O2S. The van der Waals surface area contributed by atoms with Gasteiger partial charge in [-0.15, -0.1) is 11.3 Å². The number of benzene rings is 1. The summed E-state index contributed by atoms with van der Waals surface area (Å²) in [5, 5.41) is 12.2. The molecule has 0 radical (unpaired) electrons. The number of hydrogen-bond donors (Lipinski definition) is 2. The topological polar surface area (TPSA) is 62.2 Å². The minimum Gasteiger partial charge on any atom is -0.394 e. The van der Waals surface area contributed by atoms with E-state index >= 15 is 0 Å². The van der Waals surface area contributed by atoms with Crippen molar-refractivity contribution in [2.45, 2.75) is 25.8 Å². The van der Waals surface area contributed by atoms with Crippen LogP contribution in [-0.2, 0) is 0 Å². The molecule has 4 nitrogen and oxygen atoms in total. The quantitative estimate of drug-likeness (QED) is 0.889. The maximum absolute atomic E-state index is 12.1. The predicted molar refractivity (Wildman–Crippen MR) is 72.9 cm³/mol. The van der Waals surface area contributed by atoms with Crippen LogP contribution in [-0.4, -0.2) is 28.1 Å². The van der Waals surface area contributed by atoms with Crippen LogP contribution in [0.15, 0.2) is 23.7 Å². The summed E-state index contributed by atoms with van der Waals surface area (Å²) in [6, 6.07) is 5.42. The normalized spacial score (nSPS) is 14.4. The molecule has 1 aromatic heterocycles. The zero-order valence-corrected chi connectivity index (χ0v) is 11.3. The molecule has 0 spiro atoms. The molecule has 2 aromatic rings. The molecule has 0 aliphatic carbocycles. The van der Waals surface area contributed by atoms with Gasteiger partial charge >= 0.3 is 0 Å². The van der Waals surface area contributed by atoms with E-state index in [2.05, 4.69) is 10.3 Å². The molecule has 1 heterocycles. The van der Waals surface area contributed by atoms with Crippen molar-refractivity contribution in [3.63, 3.8) is 0 Å². The van der Waals surface area contributed by atoms with Gasteiger partial charge in [0.15, 0.2) is 0 Å². The smallest absolute Gasteiger partial charge is 0.251 e. The first-order valence-electron chi connectivity index (χ1n) is 5.84. The number of aliphatic hydroxyl groups is 1. The Bertz CT molecular complexity index is 561. The van der Waals surface area contributed by atoms with E-state index in [4.69, 9.17) is 0 Å². The van der Waals surface area contributed by atoms with Crippen LogP contribution in [0.3, 0.4) is 0 Å². The highest BCUT2D eigenvalue weighted by Crippen LogP contribution is 2.19. The fourth-order valence-corrected chi connectivity index (χ4v) is 2.30. The third-order valence-corrected chi connectivity index (χ3v) is 3.93. The van der Waals surface area contributed by atoms with Crippen molar-refractivity contribution in [3.05, 3.63) is 29.3 Å². The van der Waals surface area contributed by atoms with Crippen molar-refractivity contribution in [2.24, 2.45) is 0 Å². The molecule has 2 N–H and O–H groups in total. The van der Waals surface area contributed by atoms with Crippen LogP contribution in [0.4, 0.5) is 0 Å². The van der Waals surface area contributed by atoms with E-state index in [1.807, 2.05) is 26.0 Å². The molecule has 2 rings (SSSR count). The van der Waals surface area contributed by atoms with Crippen molar-refractivity contribution in [1.82, 2.24) is 10.3 Å². The number of hydrogen-bond acceptors (Lipinski definition) is 4. The summed E-state index contributed by atoms with van der Waals surface area (Å²) in [6.07, 6.45) is 0.679. The highest BCUT2D eigenvalue weighted by Gasteiger charge is 2.23. The minimum atomic E-state index is -0.570. The highest BCUT2D eigenvalue weighted by atomic mass is 32.1. The number of nitrogens with zero attached hydrogens (tertiary/aromatic N) is 1. The van der Waals surface area contributed by atoms with E-state index in [0.29, 0.717) is 12.0 Å². The van der Waals surface area contributed by atoms with Crippen LogP contribution < -0.4 is 5.32 Å². The summed E-state index contributed by atoms with van der Waals surface area (Å²) < 4.78 is 0.991. The number of rotatable bonds is 4. The average molecular weight is 264 g/mol. The first kappa shape index (κ1) is 13.0. The van der Waals surface area contributed by atoms with Gasteiger partial charge in [-0.2, -0.15) is 0 Å². The molecule has 0 saturated heterocycles. The van der Waals surface area contributed by atoms with Gasteiger partial charge in [0.25, 0.3) is 5.91 Å². The molecule has 96 valence electrons. The van der Waals surface area contributed by atoms with Gasteiger partial charge in [-0.05, 0) is 31.5 Å². The van der Waals surface area contributed by atoms with Crippen molar-refractivity contribution >= 4 is 27.5 Å². The molecule has 0 saturated carbocycles. The van der Waals surface area contributed by atoms with Crippen molar-refractivity contribution in [3.8, 4) is 0 Å². The first-order chi connectivity index (χ1) is 8.58. The van der Waals surface area contributed by atoms with Crippen molar-refractivity contribution in [2.75, 3.05) is 6.61 Å². The van der Waals surface area contributed by atoms with Crippen LogP contribution >= 0.6 is 11.3 Å². The highest BCUT2D eigenvalue weighted by molar-refractivity contribution is 7.16. The Labute approximate surface area is 110 Å². The molecule has 1 aromatic carbocycles. The van der Waals surface area contributed by atoms with Crippen LogP contribution in [0.1, 0.15) is 30.6 Å². The van der Waals surface area contributed by atoms with E-state index in [1.165, 1.54) is 11.3 Å². The Hall–Kier alpha value is -1.46. The largest absolute Gasteiger partial charge is 0.394 e. The predicted octanol–water partition coefficient (Wildman–Crippen LogP) is 2.19. The molecule has 0 aliphatic heterocycles. The average Bonchev–Trinajstić information content (AvgIpc) is 2.85. The third kappa shape index (κ3) is 2.52. The lowest BCUT2D eigenvalue weighted by atomic mass is 9.99. The number of aromatic nitrogens is 1. The number of thiazole rings is 1. The monoisotopic (exact) mass is 264 g/mol. The summed E-state index contributed by atoms with van der Waals surface area (Å²) in [7, 11) is 0. The van der Waals surface area contributed by atoms with Gasteiger partial charge < -0.3 is 10.4 Å². The van der Waals surface area contributed by atoms with Gasteiger partial charge in [-0.1, -0.05) is 6.92 Å². The van der Waals surface area contributed by atoms with Gasteiger partial charge in [-0.3, -0.25) is 4.79 Å². The van der Waals surface area contributed by atoms with Gasteiger partial charge in [0.1, 0.15) is 0 Å². The summed E-state index contributed by atoms with van der Waals surface area (Å²) in [6.45, 7) is 3.69.